The minimum atomic E-state index is -3.86. The second-order valence-electron chi connectivity index (χ2n) is 5.60. The van der Waals surface area contributed by atoms with Crippen LogP contribution >= 0.6 is 0 Å². The zero-order valence-corrected chi connectivity index (χ0v) is 13.5. The summed E-state index contributed by atoms with van der Waals surface area (Å²) in [7, 11) is -3.86. The Kier molecular flexibility index (Phi) is 3.95. The van der Waals surface area contributed by atoms with Gasteiger partial charge in [-0.3, -0.25) is 4.79 Å². The zero-order chi connectivity index (χ0) is 16.6. The van der Waals surface area contributed by atoms with Crippen LogP contribution in [-0.4, -0.2) is 35.7 Å². The SMILES string of the molecule is Cc1c(C(=O)N2CCCC2c2ncc[nH]2)cccc1S(N)(=O)=O. The number of amides is 1. The largest absolute Gasteiger partial charge is 0.347 e. The number of sulfonamides is 1. The van der Waals surface area contributed by atoms with Gasteiger partial charge in [0.2, 0.25) is 10.0 Å². The van der Waals surface area contributed by atoms with Gasteiger partial charge in [-0.15, -0.1) is 0 Å². The molecule has 8 heteroatoms. The van der Waals surface area contributed by atoms with E-state index in [2.05, 4.69) is 9.97 Å². The lowest BCUT2D eigenvalue weighted by Crippen LogP contribution is -2.32. The van der Waals surface area contributed by atoms with Gasteiger partial charge in [0.15, 0.2) is 0 Å². The van der Waals surface area contributed by atoms with Gasteiger partial charge in [0.25, 0.3) is 5.91 Å². The standard InChI is InChI=1S/C15H18N4O3S/c1-10-11(4-2-6-13(10)23(16,21)22)15(20)19-9-3-5-12(19)14-17-7-8-18-14/h2,4,6-8,12H,3,5,9H2,1H3,(H,17,18)(H2,16,21,22). The molecule has 0 radical (unpaired) electrons. The molecule has 1 amide bonds. The van der Waals surface area contributed by atoms with E-state index in [0.29, 0.717) is 17.7 Å². The van der Waals surface area contributed by atoms with Crippen molar-refractivity contribution >= 4 is 15.9 Å². The Hall–Kier alpha value is -2.19. The first-order chi connectivity index (χ1) is 10.9. The molecular formula is C15H18N4O3S. The van der Waals surface area contributed by atoms with Gasteiger partial charge in [-0.25, -0.2) is 18.5 Å². The number of hydrogen-bond acceptors (Lipinski definition) is 4. The average Bonchev–Trinajstić information content (AvgIpc) is 3.16. The fourth-order valence-corrected chi connectivity index (χ4v) is 3.87. The van der Waals surface area contributed by atoms with E-state index in [9.17, 15) is 13.2 Å². The van der Waals surface area contributed by atoms with E-state index in [4.69, 9.17) is 5.14 Å². The number of primary sulfonamides is 1. The van der Waals surface area contributed by atoms with E-state index < -0.39 is 10.0 Å². The van der Waals surface area contributed by atoms with Crippen molar-refractivity contribution in [1.29, 1.82) is 0 Å². The van der Waals surface area contributed by atoms with E-state index in [1.54, 1.807) is 30.3 Å². The summed E-state index contributed by atoms with van der Waals surface area (Å²) in [5.41, 5.74) is 0.736. The van der Waals surface area contributed by atoms with E-state index in [-0.39, 0.29) is 16.8 Å². The van der Waals surface area contributed by atoms with Crippen LogP contribution in [0.15, 0.2) is 35.5 Å². The Morgan fingerprint density at radius 1 is 1.43 bits per heavy atom. The van der Waals surface area contributed by atoms with Crippen LogP contribution < -0.4 is 5.14 Å². The molecule has 3 rings (SSSR count). The van der Waals surface area contributed by atoms with Gasteiger partial charge in [0.1, 0.15) is 5.82 Å². The first-order valence-corrected chi connectivity index (χ1v) is 8.87. The van der Waals surface area contributed by atoms with Crippen molar-refractivity contribution in [2.75, 3.05) is 6.54 Å². The first-order valence-electron chi connectivity index (χ1n) is 7.32. The molecule has 1 fully saturated rings. The van der Waals surface area contributed by atoms with Gasteiger partial charge in [0.05, 0.1) is 10.9 Å². The number of nitrogens with two attached hydrogens (primary N) is 1. The fraction of sp³-hybridized carbons (Fsp3) is 0.333. The molecule has 122 valence electrons. The molecule has 7 nitrogen and oxygen atoms in total. The Bertz CT molecular complexity index is 830. The molecule has 0 spiro atoms. The number of H-pyrrole nitrogens is 1. The number of hydrogen-bond donors (Lipinski definition) is 2. The van der Waals surface area contributed by atoms with E-state index in [1.807, 2.05) is 0 Å². The van der Waals surface area contributed by atoms with Crippen LogP contribution in [-0.2, 0) is 10.0 Å². The summed E-state index contributed by atoms with van der Waals surface area (Å²) in [6.07, 6.45) is 5.09. The lowest BCUT2D eigenvalue weighted by molar-refractivity contribution is 0.0729. The summed E-state index contributed by atoms with van der Waals surface area (Å²) >= 11 is 0. The zero-order valence-electron chi connectivity index (χ0n) is 12.7. The third-order valence-corrected chi connectivity index (χ3v) is 5.23. The molecule has 1 atom stereocenters. The predicted octanol–water partition coefficient (Wildman–Crippen LogP) is 1.34. The third kappa shape index (κ3) is 2.87. The molecular weight excluding hydrogens is 316 g/mol. The van der Waals surface area contributed by atoms with Crippen LogP contribution in [0.1, 0.15) is 40.6 Å². The van der Waals surface area contributed by atoms with Crippen LogP contribution in [0.25, 0.3) is 0 Å². The highest BCUT2D eigenvalue weighted by Crippen LogP contribution is 2.32. The number of carbonyl (C=O) groups excluding carboxylic acids is 1. The van der Waals surface area contributed by atoms with Crippen molar-refractivity contribution in [3.05, 3.63) is 47.5 Å². The Morgan fingerprint density at radius 2 is 2.22 bits per heavy atom. The lowest BCUT2D eigenvalue weighted by Gasteiger charge is -2.24. The molecule has 2 aromatic rings. The Morgan fingerprint density at radius 3 is 2.87 bits per heavy atom. The summed E-state index contributed by atoms with van der Waals surface area (Å²) in [4.78, 5) is 21.9. The molecule has 0 saturated carbocycles. The second-order valence-corrected chi connectivity index (χ2v) is 7.13. The number of nitrogens with zero attached hydrogens (tertiary/aromatic N) is 2. The molecule has 1 aliphatic heterocycles. The quantitative estimate of drug-likeness (QED) is 0.882. The van der Waals surface area contributed by atoms with Crippen molar-refractivity contribution < 1.29 is 13.2 Å². The monoisotopic (exact) mass is 334 g/mol. The molecule has 23 heavy (non-hydrogen) atoms. The van der Waals surface area contributed by atoms with Crippen molar-refractivity contribution in [2.24, 2.45) is 5.14 Å². The number of imidazole rings is 1. The molecule has 1 aromatic heterocycles. The maximum atomic E-state index is 12.9. The highest BCUT2D eigenvalue weighted by atomic mass is 32.2. The van der Waals surface area contributed by atoms with Crippen LogP contribution in [0.5, 0.6) is 0 Å². The van der Waals surface area contributed by atoms with Gasteiger partial charge in [-0.1, -0.05) is 6.07 Å². The molecule has 2 heterocycles. The highest BCUT2D eigenvalue weighted by Gasteiger charge is 2.33. The normalized spacial score (nSPS) is 18.3. The van der Waals surface area contributed by atoms with Gasteiger partial charge in [-0.2, -0.15) is 0 Å². The Balaban J connectivity index is 1.98. The molecule has 1 aliphatic rings. The number of carbonyl (C=O) groups is 1. The smallest absolute Gasteiger partial charge is 0.254 e. The molecule has 1 aromatic carbocycles. The number of likely N-dealkylation sites (tertiary alicyclic amines) is 1. The van der Waals surface area contributed by atoms with Crippen molar-refractivity contribution in [3.63, 3.8) is 0 Å². The average molecular weight is 334 g/mol. The molecule has 0 bridgehead atoms. The molecule has 1 unspecified atom stereocenters. The summed E-state index contributed by atoms with van der Waals surface area (Å²) < 4.78 is 23.3. The van der Waals surface area contributed by atoms with Crippen molar-refractivity contribution in [2.45, 2.75) is 30.7 Å². The molecule has 1 saturated heterocycles. The van der Waals surface area contributed by atoms with Gasteiger partial charge < -0.3 is 9.88 Å². The summed E-state index contributed by atoms with van der Waals surface area (Å²) in [6, 6.07) is 4.46. The van der Waals surface area contributed by atoms with E-state index in [0.717, 1.165) is 18.7 Å². The number of aromatic nitrogens is 2. The number of benzene rings is 1. The topological polar surface area (TPSA) is 109 Å². The third-order valence-electron chi connectivity index (χ3n) is 4.17. The number of nitrogens with one attached hydrogen (secondary N) is 1. The number of aromatic amines is 1. The van der Waals surface area contributed by atoms with Gasteiger partial charge in [0, 0.05) is 24.5 Å². The van der Waals surface area contributed by atoms with Gasteiger partial charge >= 0.3 is 0 Å². The van der Waals surface area contributed by atoms with E-state index >= 15 is 0 Å². The predicted molar refractivity (Wildman–Crippen MR) is 84.2 cm³/mol. The van der Waals surface area contributed by atoms with Crippen LogP contribution in [0.4, 0.5) is 0 Å². The summed E-state index contributed by atoms with van der Waals surface area (Å²) in [5, 5.41) is 5.22. The first kappa shape index (κ1) is 15.7. The fourth-order valence-electron chi connectivity index (χ4n) is 3.06. The summed E-state index contributed by atoms with van der Waals surface area (Å²) in [6.45, 7) is 2.22. The minimum Gasteiger partial charge on any atom is -0.347 e. The van der Waals surface area contributed by atoms with Crippen molar-refractivity contribution in [1.82, 2.24) is 14.9 Å². The maximum Gasteiger partial charge on any atom is 0.254 e. The molecule has 3 N–H and O–H groups in total. The highest BCUT2D eigenvalue weighted by molar-refractivity contribution is 7.89. The second kappa shape index (κ2) is 5.78. The van der Waals surface area contributed by atoms with Crippen LogP contribution in [0.2, 0.25) is 0 Å². The molecule has 0 aliphatic carbocycles. The van der Waals surface area contributed by atoms with E-state index in [1.165, 1.54) is 12.1 Å². The van der Waals surface area contributed by atoms with Gasteiger partial charge in [-0.05, 0) is 37.5 Å². The van der Waals surface area contributed by atoms with Crippen LogP contribution in [0, 0.1) is 6.92 Å². The minimum absolute atomic E-state index is 0.0166. The van der Waals surface area contributed by atoms with Crippen molar-refractivity contribution in [3.8, 4) is 0 Å². The maximum absolute atomic E-state index is 12.9. The Labute approximate surface area is 134 Å². The lowest BCUT2D eigenvalue weighted by atomic mass is 10.1. The van der Waals surface area contributed by atoms with Crippen LogP contribution in [0.3, 0.4) is 0 Å². The number of rotatable bonds is 3. The summed E-state index contributed by atoms with van der Waals surface area (Å²) in [5.74, 6) is 0.544.